The third kappa shape index (κ3) is 2.89. The summed E-state index contributed by atoms with van der Waals surface area (Å²) in [5.41, 5.74) is 5.89. The topological polar surface area (TPSA) is 60.2 Å². The molecule has 0 saturated carbocycles. The van der Waals surface area contributed by atoms with Gasteiger partial charge in [-0.3, -0.25) is 0 Å². The number of anilines is 1. The molecule has 2 N–H and O–H groups in total. The summed E-state index contributed by atoms with van der Waals surface area (Å²) in [6.07, 6.45) is 2.16. The van der Waals surface area contributed by atoms with Gasteiger partial charge in [0.1, 0.15) is 4.71 Å². The number of sulfone groups is 1. The van der Waals surface area contributed by atoms with Crippen LogP contribution in [0, 0.1) is 0 Å². The highest BCUT2D eigenvalue weighted by Gasteiger charge is 2.26. The van der Waals surface area contributed by atoms with E-state index < -0.39 is 14.5 Å². The van der Waals surface area contributed by atoms with Crippen LogP contribution in [0.4, 0.5) is 5.69 Å². The van der Waals surface area contributed by atoms with E-state index in [0.717, 1.165) is 12.8 Å². The van der Waals surface area contributed by atoms with Crippen LogP contribution < -0.4 is 5.73 Å². The standard InChI is InChI=1S/C11H16ClNO2S/c1-2-3-8-11(12)16(14,15)10-7-5-4-6-9(10)13/h4-7,11H,2-3,8,13H2,1H3. The first-order valence-corrected chi connectivity index (χ1v) is 7.21. The summed E-state index contributed by atoms with van der Waals surface area (Å²) in [4.78, 5) is 0.131. The maximum Gasteiger partial charge on any atom is 0.197 e. The molecule has 0 heterocycles. The summed E-state index contributed by atoms with van der Waals surface area (Å²) in [6.45, 7) is 1.99. The van der Waals surface area contributed by atoms with E-state index in [0.29, 0.717) is 6.42 Å². The number of nitrogen functional groups attached to an aromatic ring is 1. The molecule has 1 atom stereocenters. The van der Waals surface area contributed by atoms with Crippen molar-refractivity contribution in [1.82, 2.24) is 0 Å². The molecule has 1 aromatic carbocycles. The molecule has 0 bridgehead atoms. The van der Waals surface area contributed by atoms with E-state index in [9.17, 15) is 8.42 Å². The van der Waals surface area contributed by atoms with Crippen LogP contribution in [0.15, 0.2) is 29.2 Å². The Balaban J connectivity index is 2.98. The number of rotatable bonds is 5. The molecule has 0 saturated heterocycles. The molecule has 0 aliphatic rings. The highest BCUT2D eigenvalue weighted by molar-refractivity contribution is 7.93. The molecule has 0 radical (unpaired) electrons. The van der Waals surface area contributed by atoms with Crippen LogP contribution in [0.25, 0.3) is 0 Å². The van der Waals surface area contributed by atoms with Crippen LogP contribution in [0.3, 0.4) is 0 Å². The molecular weight excluding hydrogens is 246 g/mol. The van der Waals surface area contributed by atoms with Crippen LogP contribution >= 0.6 is 11.6 Å². The fourth-order valence-corrected chi connectivity index (χ4v) is 3.26. The van der Waals surface area contributed by atoms with Crippen molar-refractivity contribution in [2.75, 3.05) is 5.73 Å². The molecule has 16 heavy (non-hydrogen) atoms. The molecule has 1 rings (SSSR count). The van der Waals surface area contributed by atoms with Gasteiger partial charge in [-0.15, -0.1) is 11.6 Å². The zero-order valence-electron chi connectivity index (χ0n) is 9.19. The van der Waals surface area contributed by atoms with Gasteiger partial charge in [0.05, 0.1) is 10.6 Å². The van der Waals surface area contributed by atoms with E-state index in [4.69, 9.17) is 17.3 Å². The number of hydrogen-bond acceptors (Lipinski definition) is 3. The largest absolute Gasteiger partial charge is 0.398 e. The van der Waals surface area contributed by atoms with Crippen LogP contribution in [0.1, 0.15) is 26.2 Å². The van der Waals surface area contributed by atoms with Crippen molar-refractivity contribution in [3.63, 3.8) is 0 Å². The Morgan fingerprint density at radius 2 is 2.00 bits per heavy atom. The van der Waals surface area contributed by atoms with E-state index in [2.05, 4.69) is 0 Å². The molecule has 1 aromatic rings. The summed E-state index contributed by atoms with van der Waals surface area (Å²) < 4.78 is 23.2. The molecule has 0 aliphatic carbocycles. The molecular formula is C11H16ClNO2S. The van der Waals surface area contributed by atoms with E-state index in [-0.39, 0.29) is 10.6 Å². The van der Waals surface area contributed by atoms with Crippen molar-refractivity contribution in [2.45, 2.75) is 35.8 Å². The van der Waals surface area contributed by atoms with Crippen molar-refractivity contribution in [2.24, 2.45) is 0 Å². The molecule has 5 heteroatoms. The monoisotopic (exact) mass is 261 g/mol. The van der Waals surface area contributed by atoms with E-state index in [1.54, 1.807) is 18.2 Å². The van der Waals surface area contributed by atoms with Crippen molar-refractivity contribution in [3.8, 4) is 0 Å². The smallest absolute Gasteiger partial charge is 0.197 e. The molecule has 3 nitrogen and oxygen atoms in total. The number of nitrogens with two attached hydrogens (primary N) is 1. The van der Waals surface area contributed by atoms with Gasteiger partial charge in [-0.05, 0) is 18.6 Å². The van der Waals surface area contributed by atoms with E-state index in [1.165, 1.54) is 6.07 Å². The van der Waals surface area contributed by atoms with Gasteiger partial charge in [-0.1, -0.05) is 31.9 Å². The molecule has 0 fully saturated rings. The fraction of sp³-hybridized carbons (Fsp3) is 0.455. The second-order valence-electron chi connectivity index (χ2n) is 3.64. The Labute approximate surface area is 102 Å². The number of para-hydroxylation sites is 1. The maximum atomic E-state index is 12.0. The normalized spacial score (nSPS) is 13.6. The van der Waals surface area contributed by atoms with Gasteiger partial charge < -0.3 is 5.73 Å². The Kier molecular flexibility index (Phi) is 4.62. The Morgan fingerprint density at radius 3 is 2.56 bits per heavy atom. The molecule has 0 aromatic heterocycles. The van der Waals surface area contributed by atoms with Gasteiger partial charge in [0.2, 0.25) is 0 Å². The summed E-state index contributed by atoms with van der Waals surface area (Å²) in [5.74, 6) is 0. The van der Waals surface area contributed by atoms with E-state index in [1.807, 2.05) is 6.92 Å². The molecule has 0 amide bonds. The van der Waals surface area contributed by atoms with E-state index >= 15 is 0 Å². The molecule has 1 unspecified atom stereocenters. The van der Waals surface area contributed by atoms with Crippen molar-refractivity contribution in [3.05, 3.63) is 24.3 Å². The maximum absolute atomic E-state index is 12.0. The van der Waals surface area contributed by atoms with Gasteiger partial charge >= 0.3 is 0 Å². The van der Waals surface area contributed by atoms with Crippen molar-refractivity contribution < 1.29 is 8.42 Å². The van der Waals surface area contributed by atoms with Gasteiger partial charge in [0.25, 0.3) is 0 Å². The van der Waals surface area contributed by atoms with Crippen LogP contribution in [-0.2, 0) is 9.84 Å². The average Bonchev–Trinajstić information content (AvgIpc) is 2.26. The Morgan fingerprint density at radius 1 is 1.38 bits per heavy atom. The molecule has 90 valence electrons. The second-order valence-corrected chi connectivity index (χ2v) is 6.52. The third-order valence-corrected chi connectivity index (χ3v) is 5.16. The van der Waals surface area contributed by atoms with Gasteiger partial charge in [-0.25, -0.2) is 8.42 Å². The van der Waals surface area contributed by atoms with Crippen LogP contribution in [-0.4, -0.2) is 13.1 Å². The van der Waals surface area contributed by atoms with Crippen LogP contribution in [0.2, 0.25) is 0 Å². The fourth-order valence-electron chi connectivity index (χ4n) is 1.40. The number of halogens is 1. The van der Waals surface area contributed by atoms with Crippen molar-refractivity contribution in [1.29, 1.82) is 0 Å². The minimum atomic E-state index is -3.50. The lowest BCUT2D eigenvalue weighted by molar-refractivity contribution is 0.586. The first-order valence-electron chi connectivity index (χ1n) is 5.22. The lowest BCUT2D eigenvalue weighted by atomic mass is 10.3. The first-order chi connectivity index (χ1) is 7.50. The highest BCUT2D eigenvalue weighted by atomic mass is 35.5. The van der Waals surface area contributed by atoms with Gasteiger partial charge in [0, 0.05) is 0 Å². The highest BCUT2D eigenvalue weighted by Crippen LogP contribution is 2.26. The minimum Gasteiger partial charge on any atom is -0.398 e. The van der Waals surface area contributed by atoms with Gasteiger partial charge in [0.15, 0.2) is 9.84 Å². The first kappa shape index (κ1) is 13.3. The molecule has 0 aliphatic heterocycles. The minimum absolute atomic E-state index is 0.131. The Bertz CT molecular complexity index is 445. The predicted molar refractivity (Wildman–Crippen MR) is 67.2 cm³/mol. The Hall–Kier alpha value is -0.740. The summed E-state index contributed by atoms with van der Waals surface area (Å²) in [6, 6.07) is 6.40. The molecule has 0 spiro atoms. The quantitative estimate of drug-likeness (QED) is 0.655. The zero-order valence-corrected chi connectivity index (χ0v) is 10.8. The lowest BCUT2D eigenvalue weighted by Crippen LogP contribution is -2.16. The van der Waals surface area contributed by atoms with Crippen LogP contribution in [0.5, 0.6) is 0 Å². The SMILES string of the molecule is CCCCC(Cl)S(=O)(=O)c1ccccc1N. The number of benzene rings is 1. The predicted octanol–water partition coefficient (Wildman–Crippen LogP) is 2.80. The number of hydrogen-bond donors (Lipinski definition) is 1. The zero-order chi connectivity index (χ0) is 12.2. The second kappa shape index (κ2) is 5.55. The van der Waals surface area contributed by atoms with Crippen molar-refractivity contribution >= 4 is 27.1 Å². The number of unbranched alkanes of at least 4 members (excludes halogenated alkanes) is 1. The third-order valence-electron chi connectivity index (χ3n) is 2.35. The van der Waals surface area contributed by atoms with Gasteiger partial charge in [-0.2, -0.15) is 0 Å². The summed E-state index contributed by atoms with van der Waals surface area (Å²) in [5, 5.41) is 0. The number of alkyl halides is 1. The summed E-state index contributed by atoms with van der Waals surface area (Å²) in [7, 11) is -3.50. The summed E-state index contributed by atoms with van der Waals surface area (Å²) >= 11 is 5.91. The average molecular weight is 262 g/mol. The lowest BCUT2D eigenvalue weighted by Gasteiger charge is -2.12.